The van der Waals surface area contributed by atoms with Crippen LogP contribution in [0.2, 0.25) is 0 Å². The van der Waals surface area contributed by atoms with E-state index in [0.29, 0.717) is 12.8 Å². The Morgan fingerprint density at radius 3 is 2.50 bits per heavy atom. The third-order valence-corrected chi connectivity index (χ3v) is 4.64. The Hall–Kier alpha value is -1.46. The first-order valence-electron chi connectivity index (χ1n) is 6.85. The molecule has 0 bridgehead atoms. The number of aromatic nitrogens is 2. The zero-order valence-electron chi connectivity index (χ0n) is 12.1. The summed E-state index contributed by atoms with van der Waals surface area (Å²) in [6.07, 6.45) is 1.19. The fourth-order valence-corrected chi connectivity index (χ4v) is 2.85. The largest absolute Gasteiger partial charge is 0.388 e. The third-order valence-electron chi connectivity index (χ3n) is 3.62. The third kappa shape index (κ3) is 3.16. The SMILES string of the molecule is CCC(O)(CC)Cn1nc(-c2ccc(C)s2)ccc1=O. The molecule has 108 valence electrons. The molecule has 0 saturated carbocycles. The first-order chi connectivity index (χ1) is 9.47. The Morgan fingerprint density at radius 1 is 1.25 bits per heavy atom. The van der Waals surface area contributed by atoms with Crippen molar-refractivity contribution in [2.24, 2.45) is 0 Å². The van der Waals surface area contributed by atoms with Crippen molar-refractivity contribution in [3.63, 3.8) is 0 Å². The van der Waals surface area contributed by atoms with Crippen LogP contribution in [-0.4, -0.2) is 20.5 Å². The molecule has 2 rings (SSSR count). The van der Waals surface area contributed by atoms with Crippen LogP contribution < -0.4 is 5.56 Å². The van der Waals surface area contributed by atoms with Crippen molar-refractivity contribution in [3.05, 3.63) is 39.5 Å². The Balaban J connectivity index is 2.37. The molecule has 0 atom stereocenters. The van der Waals surface area contributed by atoms with Gasteiger partial charge in [0.15, 0.2) is 0 Å². The van der Waals surface area contributed by atoms with Gasteiger partial charge in [0.05, 0.1) is 17.0 Å². The predicted octanol–water partition coefficient (Wildman–Crippen LogP) is 2.83. The van der Waals surface area contributed by atoms with Crippen LogP contribution >= 0.6 is 11.3 Å². The van der Waals surface area contributed by atoms with Crippen molar-refractivity contribution in [2.75, 3.05) is 0 Å². The molecule has 1 N–H and O–H groups in total. The molecule has 5 heteroatoms. The maximum Gasteiger partial charge on any atom is 0.266 e. The monoisotopic (exact) mass is 292 g/mol. The maximum atomic E-state index is 11.9. The van der Waals surface area contributed by atoms with E-state index in [1.165, 1.54) is 15.6 Å². The molecule has 2 heterocycles. The highest BCUT2D eigenvalue weighted by atomic mass is 32.1. The minimum Gasteiger partial charge on any atom is -0.388 e. The van der Waals surface area contributed by atoms with Gasteiger partial charge in [-0.3, -0.25) is 4.79 Å². The summed E-state index contributed by atoms with van der Waals surface area (Å²) in [6.45, 7) is 6.11. The topological polar surface area (TPSA) is 55.1 Å². The second-order valence-electron chi connectivity index (χ2n) is 5.06. The molecule has 4 nitrogen and oxygen atoms in total. The molecule has 0 aliphatic carbocycles. The van der Waals surface area contributed by atoms with E-state index in [1.807, 2.05) is 32.9 Å². The van der Waals surface area contributed by atoms with Crippen LogP contribution in [0.1, 0.15) is 31.6 Å². The first-order valence-corrected chi connectivity index (χ1v) is 7.66. The summed E-state index contributed by atoms with van der Waals surface area (Å²) < 4.78 is 1.37. The number of rotatable bonds is 5. The summed E-state index contributed by atoms with van der Waals surface area (Å²) in [5.41, 5.74) is -0.277. The summed E-state index contributed by atoms with van der Waals surface area (Å²) in [7, 11) is 0. The zero-order chi connectivity index (χ0) is 14.8. The van der Waals surface area contributed by atoms with Gasteiger partial charge in [-0.1, -0.05) is 13.8 Å². The van der Waals surface area contributed by atoms with Crippen LogP contribution in [0.25, 0.3) is 10.6 Å². The maximum absolute atomic E-state index is 11.9. The summed E-state index contributed by atoms with van der Waals surface area (Å²) in [4.78, 5) is 14.2. The predicted molar refractivity (Wildman–Crippen MR) is 82.1 cm³/mol. The van der Waals surface area contributed by atoms with Gasteiger partial charge >= 0.3 is 0 Å². The second kappa shape index (κ2) is 5.89. The van der Waals surface area contributed by atoms with Gasteiger partial charge in [-0.2, -0.15) is 5.10 Å². The number of thiophene rings is 1. The Bertz CT molecular complexity index is 641. The molecular formula is C15H20N2O2S. The molecule has 0 aromatic carbocycles. The van der Waals surface area contributed by atoms with Gasteiger partial charge in [-0.05, 0) is 38.0 Å². The van der Waals surface area contributed by atoms with Gasteiger partial charge in [0.2, 0.25) is 0 Å². The normalized spacial score (nSPS) is 11.8. The fourth-order valence-electron chi connectivity index (χ4n) is 2.02. The van der Waals surface area contributed by atoms with Crippen LogP contribution in [0.5, 0.6) is 0 Å². The second-order valence-corrected chi connectivity index (χ2v) is 6.34. The Morgan fingerprint density at radius 2 is 1.95 bits per heavy atom. The Kier molecular flexibility index (Phi) is 4.40. The summed E-state index contributed by atoms with van der Waals surface area (Å²) in [5, 5.41) is 14.8. The molecule has 2 aromatic rings. The molecule has 0 aliphatic rings. The van der Waals surface area contributed by atoms with Crippen molar-refractivity contribution in [1.29, 1.82) is 0 Å². The van der Waals surface area contributed by atoms with Crippen molar-refractivity contribution in [3.8, 4) is 10.6 Å². The number of aryl methyl sites for hydroxylation is 1. The van der Waals surface area contributed by atoms with E-state index < -0.39 is 5.60 Å². The van der Waals surface area contributed by atoms with Gasteiger partial charge in [-0.15, -0.1) is 11.3 Å². The minimum atomic E-state index is -0.874. The van der Waals surface area contributed by atoms with Crippen molar-refractivity contribution in [1.82, 2.24) is 9.78 Å². The van der Waals surface area contributed by atoms with Crippen LogP contribution in [0.15, 0.2) is 29.1 Å². The van der Waals surface area contributed by atoms with Gasteiger partial charge in [0, 0.05) is 10.9 Å². The van der Waals surface area contributed by atoms with Crippen molar-refractivity contribution in [2.45, 2.75) is 45.8 Å². The lowest BCUT2D eigenvalue weighted by molar-refractivity contribution is 0.0106. The lowest BCUT2D eigenvalue weighted by atomic mass is 9.98. The summed E-state index contributed by atoms with van der Waals surface area (Å²) in [6, 6.07) is 7.29. The van der Waals surface area contributed by atoms with E-state index in [4.69, 9.17) is 0 Å². The van der Waals surface area contributed by atoms with Crippen LogP contribution in [0.4, 0.5) is 0 Å². The number of nitrogens with zero attached hydrogens (tertiary/aromatic N) is 2. The molecule has 0 fully saturated rings. The number of hydrogen-bond donors (Lipinski definition) is 1. The fraction of sp³-hybridized carbons (Fsp3) is 0.467. The quantitative estimate of drug-likeness (QED) is 0.922. The molecule has 0 aliphatic heterocycles. The van der Waals surface area contributed by atoms with E-state index in [9.17, 15) is 9.90 Å². The van der Waals surface area contributed by atoms with Gasteiger partial charge in [-0.25, -0.2) is 4.68 Å². The molecule has 2 aromatic heterocycles. The molecular weight excluding hydrogens is 272 g/mol. The molecule has 0 spiro atoms. The van der Waals surface area contributed by atoms with Crippen molar-refractivity contribution < 1.29 is 5.11 Å². The standard InChI is InChI=1S/C15H20N2O2S/c1-4-15(19,5-2)10-17-14(18)9-7-12(16-17)13-8-6-11(3)20-13/h6-9,19H,4-5,10H2,1-3H3. The average Bonchev–Trinajstić information content (AvgIpc) is 2.88. The number of aliphatic hydroxyl groups is 1. The highest BCUT2D eigenvalue weighted by molar-refractivity contribution is 7.15. The van der Waals surface area contributed by atoms with Gasteiger partial charge in [0.25, 0.3) is 5.56 Å². The van der Waals surface area contributed by atoms with Gasteiger partial charge < -0.3 is 5.11 Å². The molecule has 20 heavy (non-hydrogen) atoms. The molecule has 0 saturated heterocycles. The summed E-state index contributed by atoms with van der Waals surface area (Å²) >= 11 is 1.64. The van der Waals surface area contributed by atoms with Crippen molar-refractivity contribution >= 4 is 11.3 Å². The van der Waals surface area contributed by atoms with Crippen LogP contribution in [0, 0.1) is 6.92 Å². The summed E-state index contributed by atoms with van der Waals surface area (Å²) in [5.74, 6) is 0. The first kappa shape index (κ1) is 14.9. The van der Waals surface area contributed by atoms with E-state index in [-0.39, 0.29) is 12.1 Å². The lowest BCUT2D eigenvalue weighted by Crippen LogP contribution is -2.38. The van der Waals surface area contributed by atoms with Gasteiger partial charge in [0.1, 0.15) is 5.69 Å². The van der Waals surface area contributed by atoms with E-state index in [1.54, 1.807) is 17.4 Å². The zero-order valence-corrected chi connectivity index (χ0v) is 12.9. The molecule has 0 amide bonds. The average molecular weight is 292 g/mol. The lowest BCUT2D eigenvalue weighted by Gasteiger charge is -2.25. The molecule has 0 radical (unpaired) electrons. The van der Waals surface area contributed by atoms with Crippen LogP contribution in [-0.2, 0) is 6.54 Å². The molecule has 0 unspecified atom stereocenters. The smallest absolute Gasteiger partial charge is 0.266 e. The number of hydrogen-bond acceptors (Lipinski definition) is 4. The van der Waals surface area contributed by atoms with E-state index >= 15 is 0 Å². The van der Waals surface area contributed by atoms with E-state index in [0.717, 1.165) is 10.6 Å². The highest BCUT2D eigenvalue weighted by Gasteiger charge is 2.24. The van der Waals surface area contributed by atoms with Crippen LogP contribution in [0.3, 0.4) is 0 Å². The minimum absolute atomic E-state index is 0.178. The van der Waals surface area contributed by atoms with E-state index in [2.05, 4.69) is 5.10 Å². The highest BCUT2D eigenvalue weighted by Crippen LogP contribution is 2.25. The Labute approximate surface area is 122 Å².